The van der Waals surface area contributed by atoms with Crippen molar-refractivity contribution in [1.82, 2.24) is 9.80 Å². The van der Waals surface area contributed by atoms with Crippen molar-refractivity contribution >= 4 is 0 Å². The van der Waals surface area contributed by atoms with Crippen LogP contribution in [-0.2, 0) is 13.1 Å². The lowest BCUT2D eigenvalue weighted by molar-refractivity contribution is 0.0495. The third-order valence-corrected chi connectivity index (χ3v) is 5.05. The number of para-hydroxylation sites is 1. The number of benzene rings is 2. The molecule has 1 atom stereocenters. The molecule has 0 bridgehead atoms. The van der Waals surface area contributed by atoms with E-state index in [2.05, 4.69) is 58.3 Å². The van der Waals surface area contributed by atoms with Crippen LogP contribution >= 0.6 is 0 Å². The highest BCUT2D eigenvalue weighted by molar-refractivity contribution is 5.33. The maximum Gasteiger partial charge on any atom is 0.123 e. The van der Waals surface area contributed by atoms with E-state index in [4.69, 9.17) is 4.74 Å². The minimum Gasteiger partial charge on any atom is -0.494 e. The summed E-state index contributed by atoms with van der Waals surface area (Å²) in [6.07, 6.45) is 0.816. The minimum absolute atomic E-state index is 0.235. The fourth-order valence-electron chi connectivity index (χ4n) is 3.72. The maximum atomic E-state index is 9.53. The van der Waals surface area contributed by atoms with Gasteiger partial charge in [0.15, 0.2) is 0 Å². The van der Waals surface area contributed by atoms with Crippen molar-refractivity contribution in [1.29, 1.82) is 0 Å². The SMILES string of the molecule is CCOc1ccccc1CN1CCN(Cc2ccccc2)C(CCO)C1. The summed E-state index contributed by atoms with van der Waals surface area (Å²) in [5, 5.41) is 9.53. The standard InChI is InChI=1S/C22H30N2O2/c1-2-26-22-11-7-6-10-20(22)17-23-13-14-24(21(18-23)12-15-25)16-19-8-4-3-5-9-19/h3-11,21,25H,2,12-18H2,1H3. The van der Waals surface area contributed by atoms with Gasteiger partial charge in [-0.15, -0.1) is 0 Å². The largest absolute Gasteiger partial charge is 0.494 e. The van der Waals surface area contributed by atoms with Gasteiger partial charge in [0, 0.05) is 50.9 Å². The number of ether oxygens (including phenoxy) is 1. The molecule has 0 aromatic heterocycles. The summed E-state index contributed by atoms with van der Waals surface area (Å²) >= 11 is 0. The van der Waals surface area contributed by atoms with E-state index in [1.165, 1.54) is 11.1 Å². The van der Waals surface area contributed by atoms with Crippen LogP contribution in [0, 0.1) is 0 Å². The molecular weight excluding hydrogens is 324 g/mol. The van der Waals surface area contributed by atoms with Crippen LogP contribution < -0.4 is 4.74 Å². The molecule has 1 aliphatic heterocycles. The van der Waals surface area contributed by atoms with E-state index >= 15 is 0 Å². The summed E-state index contributed by atoms with van der Waals surface area (Å²) in [5.41, 5.74) is 2.58. The number of hydrogen-bond acceptors (Lipinski definition) is 4. The second-order valence-corrected chi connectivity index (χ2v) is 6.90. The predicted octanol–water partition coefficient (Wildman–Crippen LogP) is 3.15. The number of nitrogens with zero attached hydrogens (tertiary/aromatic N) is 2. The van der Waals surface area contributed by atoms with Crippen LogP contribution in [-0.4, -0.2) is 53.8 Å². The zero-order valence-electron chi connectivity index (χ0n) is 15.7. The Bertz CT molecular complexity index is 662. The van der Waals surface area contributed by atoms with Crippen molar-refractivity contribution in [2.45, 2.75) is 32.5 Å². The van der Waals surface area contributed by atoms with Crippen LogP contribution in [0.3, 0.4) is 0 Å². The van der Waals surface area contributed by atoms with E-state index in [1.54, 1.807) is 0 Å². The van der Waals surface area contributed by atoms with Gasteiger partial charge in [0.25, 0.3) is 0 Å². The number of piperazine rings is 1. The lowest BCUT2D eigenvalue weighted by Crippen LogP contribution is -2.52. The molecule has 1 saturated heterocycles. The molecule has 1 fully saturated rings. The van der Waals surface area contributed by atoms with Gasteiger partial charge < -0.3 is 9.84 Å². The molecule has 0 saturated carbocycles. The smallest absolute Gasteiger partial charge is 0.123 e. The third kappa shape index (κ3) is 5.07. The maximum absolute atomic E-state index is 9.53. The Morgan fingerprint density at radius 3 is 2.54 bits per heavy atom. The van der Waals surface area contributed by atoms with Crippen LogP contribution in [0.5, 0.6) is 5.75 Å². The molecule has 1 aliphatic rings. The molecule has 2 aromatic carbocycles. The lowest BCUT2D eigenvalue weighted by atomic mass is 10.1. The fourth-order valence-corrected chi connectivity index (χ4v) is 3.72. The first kappa shape index (κ1) is 18.9. The summed E-state index contributed by atoms with van der Waals surface area (Å²) in [5.74, 6) is 0.987. The molecule has 140 valence electrons. The number of hydrogen-bond donors (Lipinski definition) is 1. The van der Waals surface area contributed by atoms with Gasteiger partial charge in [0.05, 0.1) is 6.61 Å². The summed E-state index contributed by atoms with van der Waals surface area (Å²) in [7, 11) is 0. The van der Waals surface area contributed by atoms with Gasteiger partial charge in [-0.25, -0.2) is 0 Å². The Morgan fingerprint density at radius 2 is 1.77 bits per heavy atom. The molecule has 2 aromatic rings. The van der Waals surface area contributed by atoms with Gasteiger partial charge in [-0.1, -0.05) is 48.5 Å². The zero-order chi connectivity index (χ0) is 18.2. The number of aliphatic hydroxyl groups excluding tert-OH is 1. The molecule has 1 N–H and O–H groups in total. The van der Waals surface area contributed by atoms with Crippen molar-refractivity contribution in [3.8, 4) is 5.75 Å². The fraction of sp³-hybridized carbons (Fsp3) is 0.455. The molecule has 1 unspecified atom stereocenters. The quantitative estimate of drug-likeness (QED) is 0.790. The van der Waals surface area contributed by atoms with Gasteiger partial charge in [-0.05, 0) is 25.0 Å². The molecule has 4 nitrogen and oxygen atoms in total. The first-order valence-electron chi connectivity index (χ1n) is 9.62. The van der Waals surface area contributed by atoms with Crippen LogP contribution in [0.25, 0.3) is 0 Å². The summed E-state index contributed by atoms with van der Waals surface area (Å²) < 4.78 is 5.78. The van der Waals surface area contributed by atoms with E-state index in [1.807, 2.05) is 13.0 Å². The lowest BCUT2D eigenvalue weighted by Gasteiger charge is -2.41. The predicted molar refractivity (Wildman–Crippen MR) is 105 cm³/mol. The highest BCUT2D eigenvalue weighted by atomic mass is 16.5. The molecule has 0 amide bonds. The molecule has 0 spiro atoms. The zero-order valence-corrected chi connectivity index (χ0v) is 15.7. The van der Waals surface area contributed by atoms with Crippen LogP contribution in [0.2, 0.25) is 0 Å². The van der Waals surface area contributed by atoms with Crippen molar-refractivity contribution < 1.29 is 9.84 Å². The van der Waals surface area contributed by atoms with E-state index in [9.17, 15) is 5.11 Å². The van der Waals surface area contributed by atoms with Gasteiger partial charge in [0.1, 0.15) is 5.75 Å². The Kier molecular flexibility index (Phi) is 7.06. The van der Waals surface area contributed by atoms with Crippen LogP contribution in [0.4, 0.5) is 0 Å². The minimum atomic E-state index is 0.235. The Hall–Kier alpha value is -1.88. The van der Waals surface area contributed by atoms with Crippen molar-refractivity contribution in [2.75, 3.05) is 32.8 Å². The van der Waals surface area contributed by atoms with Crippen LogP contribution in [0.1, 0.15) is 24.5 Å². The number of rotatable bonds is 8. The first-order chi connectivity index (χ1) is 12.8. The molecule has 4 heteroatoms. The van der Waals surface area contributed by atoms with E-state index in [0.29, 0.717) is 12.6 Å². The number of aliphatic hydroxyl groups is 1. The monoisotopic (exact) mass is 354 g/mol. The van der Waals surface area contributed by atoms with Gasteiger partial charge in [-0.2, -0.15) is 0 Å². The topological polar surface area (TPSA) is 35.9 Å². The summed E-state index contributed by atoms with van der Waals surface area (Å²) in [6, 6.07) is 19.3. The molecule has 0 aliphatic carbocycles. The first-order valence-corrected chi connectivity index (χ1v) is 9.62. The van der Waals surface area contributed by atoms with E-state index < -0.39 is 0 Å². The Labute approximate surface area is 157 Å². The molecule has 3 rings (SSSR count). The highest BCUT2D eigenvalue weighted by Crippen LogP contribution is 2.23. The van der Waals surface area contributed by atoms with Gasteiger partial charge in [0.2, 0.25) is 0 Å². The van der Waals surface area contributed by atoms with Crippen molar-refractivity contribution in [2.24, 2.45) is 0 Å². The van der Waals surface area contributed by atoms with Crippen molar-refractivity contribution in [3.63, 3.8) is 0 Å². The molecule has 1 heterocycles. The molecular formula is C22H30N2O2. The second kappa shape index (κ2) is 9.72. The van der Waals surface area contributed by atoms with E-state index in [0.717, 1.165) is 44.9 Å². The Morgan fingerprint density at radius 1 is 1.00 bits per heavy atom. The highest BCUT2D eigenvalue weighted by Gasteiger charge is 2.27. The summed E-state index contributed by atoms with van der Waals surface area (Å²) in [6.45, 7) is 7.84. The average molecular weight is 354 g/mol. The van der Waals surface area contributed by atoms with Crippen LogP contribution in [0.15, 0.2) is 54.6 Å². The normalized spacial score (nSPS) is 18.8. The molecule has 26 heavy (non-hydrogen) atoms. The summed E-state index contributed by atoms with van der Waals surface area (Å²) in [4.78, 5) is 5.00. The van der Waals surface area contributed by atoms with Gasteiger partial charge >= 0.3 is 0 Å². The molecule has 0 radical (unpaired) electrons. The second-order valence-electron chi connectivity index (χ2n) is 6.90. The average Bonchev–Trinajstić information content (AvgIpc) is 2.67. The Balaban J connectivity index is 1.64. The van der Waals surface area contributed by atoms with Crippen molar-refractivity contribution in [3.05, 3.63) is 65.7 Å². The third-order valence-electron chi connectivity index (χ3n) is 5.05. The van der Waals surface area contributed by atoms with Gasteiger partial charge in [-0.3, -0.25) is 9.80 Å². The van der Waals surface area contributed by atoms with E-state index in [-0.39, 0.29) is 6.61 Å².